The van der Waals surface area contributed by atoms with Gasteiger partial charge in [0.1, 0.15) is 19.0 Å². The van der Waals surface area contributed by atoms with Crippen molar-refractivity contribution in [3.05, 3.63) is 42.3 Å². The number of fused-ring (bicyclic) bond motifs is 3. The minimum absolute atomic E-state index is 0.0692. The quantitative estimate of drug-likeness (QED) is 0.397. The summed E-state index contributed by atoms with van der Waals surface area (Å²) in [4.78, 5) is 4.47. The number of rotatable bonds is 7. The van der Waals surface area contributed by atoms with Crippen molar-refractivity contribution in [2.45, 2.75) is 25.7 Å². The van der Waals surface area contributed by atoms with Gasteiger partial charge in [0.15, 0.2) is 23.1 Å². The number of ether oxygens (including phenoxy) is 4. The first-order valence-corrected chi connectivity index (χ1v) is 11.5. The van der Waals surface area contributed by atoms with E-state index in [0.29, 0.717) is 65.3 Å². The van der Waals surface area contributed by atoms with Crippen LogP contribution in [-0.2, 0) is 0 Å². The molecule has 3 heterocycles. The van der Waals surface area contributed by atoms with E-state index >= 15 is 0 Å². The maximum atomic E-state index is 14.3. The third-order valence-corrected chi connectivity index (χ3v) is 6.03. The van der Waals surface area contributed by atoms with E-state index in [1.165, 1.54) is 25.0 Å². The van der Waals surface area contributed by atoms with E-state index < -0.39 is 5.82 Å². The molecule has 7 nitrogen and oxygen atoms in total. The summed E-state index contributed by atoms with van der Waals surface area (Å²) in [5.74, 6) is 2.29. The Morgan fingerprint density at radius 3 is 2.79 bits per heavy atom. The SMILES string of the molecule is Nc1ccc(Oc2ccnc3cc(OCCCC4CCCNC4)c4c(c23)OCCO4)c(F)c1. The first-order valence-electron chi connectivity index (χ1n) is 11.5. The monoisotopic (exact) mass is 453 g/mol. The van der Waals surface area contributed by atoms with Crippen molar-refractivity contribution in [2.75, 3.05) is 38.6 Å². The zero-order valence-corrected chi connectivity index (χ0v) is 18.4. The number of nitrogens with zero attached hydrogens (tertiary/aromatic N) is 1. The fraction of sp³-hybridized carbons (Fsp3) is 0.400. The van der Waals surface area contributed by atoms with Gasteiger partial charge in [-0.3, -0.25) is 4.98 Å². The van der Waals surface area contributed by atoms with Crippen molar-refractivity contribution in [3.63, 3.8) is 0 Å². The highest BCUT2D eigenvalue weighted by Crippen LogP contribution is 2.48. The van der Waals surface area contributed by atoms with Gasteiger partial charge >= 0.3 is 0 Å². The average Bonchev–Trinajstić information content (AvgIpc) is 2.84. The van der Waals surface area contributed by atoms with E-state index in [4.69, 9.17) is 24.7 Å². The van der Waals surface area contributed by atoms with Gasteiger partial charge in [-0.25, -0.2) is 4.39 Å². The predicted octanol–water partition coefficient (Wildman–Crippen LogP) is 4.68. The molecule has 2 aromatic carbocycles. The lowest BCUT2D eigenvalue weighted by Gasteiger charge is -2.24. The number of hydrogen-bond donors (Lipinski definition) is 2. The first-order chi connectivity index (χ1) is 16.2. The van der Waals surface area contributed by atoms with Crippen LogP contribution in [0, 0.1) is 11.7 Å². The number of nitrogens with two attached hydrogens (primary N) is 1. The predicted molar refractivity (Wildman–Crippen MR) is 124 cm³/mol. The van der Waals surface area contributed by atoms with Crippen molar-refractivity contribution in [2.24, 2.45) is 5.92 Å². The Balaban J connectivity index is 1.40. The summed E-state index contributed by atoms with van der Waals surface area (Å²) in [6.45, 7) is 3.61. The fourth-order valence-corrected chi connectivity index (χ4v) is 4.41. The lowest BCUT2D eigenvalue weighted by molar-refractivity contribution is 0.163. The van der Waals surface area contributed by atoms with Crippen LogP contribution in [0.2, 0.25) is 0 Å². The number of hydrogen-bond acceptors (Lipinski definition) is 7. The molecule has 1 fully saturated rings. The van der Waals surface area contributed by atoms with Crippen molar-refractivity contribution in [3.8, 4) is 28.7 Å². The third-order valence-electron chi connectivity index (χ3n) is 6.03. The second-order valence-electron chi connectivity index (χ2n) is 8.43. The molecule has 0 saturated carbocycles. The number of nitrogens with one attached hydrogen (secondary N) is 1. The highest BCUT2D eigenvalue weighted by atomic mass is 19.1. The maximum Gasteiger partial charge on any atom is 0.204 e. The van der Waals surface area contributed by atoms with Crippen molar-refractivity contribution >= 4 is 16.6 Å². The van der Waals surface area contributed by atoms with Crippen LogP contribution in [0.4, 0.5) is 10.1 Å². The van der Waals surface area contributed by atoms with Gasteiger partial charge in [-0.2, -0.15) is 0 Å². The number of halogens is 1. The molecule has 1 atom stereocenters. The molecule has 0 spiro atoms. The topological polar surface area (TPSA) is 87.9 Å². The minimum atomic E-state index is -0.542. The molecule has 8 heteroatoms. The Morgan fingerprint density at radius 2 is 1.97 bits per heavy atom. The molecule has 2 aliphatic heterocycles. The van der Waals surface area contributed by atoms with Gasteiger partial charge in [-0.05, 0) is 62.9 Å². The second kappa shape index (κ2) is 9.70. The molecule has 3 N–H and O–H groups in total. The fourth-order valence-electron chi connectivity index (χ4n) is 4.41. The van der Waals surface area contributed by atoms with Crippen LogP contribution in [-0.4, -0.2) is 37.9 Å². The van der Waals surface area contributed by atoms with Gasteiger partial charge in [-0.15, -0.1) is 0 Å². The summed E-state index contributed by atoms with van der Waals surface area (Å²) >= 11 is 0. The van der Waals surface area contributed by atoms with Crippen molar-refractivity contribution < 1.29 is 23.3 Å². The molecule has 1 unspecified atom stereocenters. The number of aromatic nitrogens is 1. The zero-order chi connectivity index (χ0) is 22.6. The molecule has 2 aliphatic rings. The van der Waals surface area contributed by atoms with Crippen LogP contribution < -0.4 is 30.0 Å². The normalized spacial score (nSPS) is 17.7. The highest BCUT2D eigenvalue weighted by Gasteiger charge is 2.25. The Hall–Kier alpha value is -3.26. The minimum Gasteiger partial charge on any atom is -0.489 e. The van der Waals surface area contributed by atoms with E-state index in [1.54, 1.807) is 18.3 Å². The summed E-state index contributed by atoms with van der Waals surface area (Å²) in [5, 5.41) is 4.07. The van der Waals surface area contributed by atoms with Gasteiger partial charge in [0.05, 0.1) is 17.5 Å². The molecule has 1 saturated heterocycles. The average molecular weight is 454 g/mol. The van der Waals surface area contributed by atoms with Crippen molar-refractivity contribution in [1.82, 2.24) is 10.3 Å². The van der Waals surface area contributed by atoms with Gasteiger partial charge in [0.25, 0.3) is 0 Å². The van der Waals surface area contributed by atoms with Crippen LogP contribution in [0.15, 0.2) is 36.5 Å². The molecule has 0 radical (unpaired) electrons. The molecule has 5 rings (SSSR count). The third kappa shape index (κ3) is 4.75. The van der Waals surface area contributed by atoms with Gasteiger partial charge in [0, 0.05) is 24.0 Å². The van der Waals surface area contributed by atoms with Gasteiger partial charge < -0.3 is 30.0 Å². The molecule has 33 heavy (non-hydrogen) atoms. The first kappa shape index (κ1) is 21.6. The molecule has 174 valence electrons. The molecule has 1 aromatic heterocycles. The summed E-state index contributed by atoms with van der Waals surface area (Å²) in [6, 6.07) is 7.82. The van der Waals surface area contributed by atoms with E-state index in [2.05, 4.69) is 10.3 Å². The van der Waals surface area contributed by atoms with Crippen LogP contribution in [0.25, 0.3) is 10.9 Å². The summed E-state index contributed by atoms with van der Waals surface area (Å²) in [5.41, 5.74) is 6.61. The molecule has 3 aromatic rings. The van der Waals surface area contributed by atoms with E-state index in [1.807, 2.05) is 6.07 Å². The van der Waals surface area contributed by atoms with Crippen LogP contribution in [0.1, 0.15) is 25.7 Å². The number of pyridine rings is 1. The Kier molecular flexibility index (Phi) is 6.35. The maximum absolute atomic E-state index is 14.3. The number of benzene rings is 2. The van der Waals surface area contributed by atoms with Crippen molar-refractivity contribution in [1.29, 1.82) is 0 Å². The second-order valence-corrected chi connectivity index (χ2v) is 8.43. The lowest BCUT2D eigenvalue weighted by atomic mass is 9.95. The Bertz CT molecular complexity index is 1130. The number of nitrogen functional groups attached to an aromatic ring is 1. The standard InChI is InChI=1S/C25H28FN3O4/c26-18-13-17(27)5-6-20(18)33-21-7-9-29-19-14-22(24-25(23(19)21)32-12-11-31-24)30-10-2-4-16-3-1-8-28-15-16/h5-7,9,13-14,16,28H,1-4,8,10-12,15,27H2. The summed E-state index contributed by atoms with van der Waals surface area (Å²) in [7, 11) is 0. The lowest BCUT2D eigenvalue weighted by Crippen LogP contribution is -2.29. The summed E-state index contributed by atoms with van der Waals surface area (Å²) in [6.07, 6.45) is 6.22. The number of piperidine rings is 1. The van der Waals surface area contributed by atoms with E-state index in [-0.39, 0.29) is 5.75 Å². The zero-order valence-electron chi connectivity index (χ0n) is 18.4. The Morgan fingerprint density at radius 1 is 1.09 bits per heavy atom. The molecular formula is C25H28FN3O4. The number of anilines is 1. The molecule has 0 amide bonds. The van der Waals surface area contributed by atoms with Crippen LogP contribution in [0.5, 0.6) is 28.7 Å². The van der Waals surface area contributed by atoms with E-state index in [0.717, 1.165) is 25.9 Å². The molecular weight excluding hydrogens is 425 g/mol. The molecule has 0 bridgehead atoms. The smallest absolute Gasteiger partial charge is 0.204 e. The largest absolute Gasteiger partial charge is 0.489 e. The molecule has 0 aliphatic carbocycles. The van der Waals surface area contributed by atoms with Crippen LogP contribution >= 0.6 is 0 Å². The summed E-state index contributed by atoms with van der Waals surface area (Å²) < 4.78 is 38.2. The Labute approximate surface area is 192 Å². The van der Waals surface area contributed by atoms with Gasteiger partial charge in [-0.1, -0.05) is 0 Å². The highest BCUT2D eigenvalue weighted by molar-refractivity contribution is 5.95. The van der Waals surface area contributed by atoms with Gasteiger partial charge in [0.2, 0.25) is 5.75 Å². The van der Waals surface area contributed by atoms with Crippen LogP contribution in [0.3, 0.4) is 0 Å². The van der Waals surface area contributed by atoms with E-state index in [9.17, 15) is 4.39 Å².